The van der Waals surface area contributed by atoms with Gasteiger partial charge in [-0.15, -0.1) is 0 Å². The Morgan fingerprint density at radius 3 is 2.33 bits per heavy atom. The lowest BCUT2D eigenvalue weighted by molar-refractivity contribution is -0.200. The number of ether oxygens (including phenoxy) is 5. The van der Waals surface area contributed by atoms with E-state index >= 15 is 0 Å². The monoisotopic (exact) mass is 258 g/mol. The van der Waals surface area contributed by atoms with Crippen LogP contribution in [0.3, 0.4) is 0 Å². The van der Waals surface area contributed by atoms with Gasteiger partial charge in [0.25, 0.3) is 0 Å². The van der Waals surface area contributed by atoms with Gasteiger partial charge in [0.05, 0.1) is 6.61 Å². The summed E-state index contributed by atoms with van der Waals surface area (Å²) in [7, 11) is 0. The molecule has 3 saturated heterocycles. The molecular formula is C12H18O6. The quantitative estimate of drug-likeness (QED) is 0.641. The van der Waals surface area contributed by atoms with Gasteiger partial charge < -0.3 is 23.7 Å². The highest BCUT2D eigenvalue weighted by Gasteiger charge is 2.59. The topological polar surface area (TPSA) is 63.2 Å². The van der Waals surface area contributed by atoms with Crippen molar-refractivity contribution in [3.63, 3.8) is 0 Å². The van der Waals surface area contributed by atoms with Gasteiger partial charge in [-0.3, -0.25) is 0 Å². The summed E-state index contributed by atoms with van der Waals surface area (Å²) in [6.45, 7) is 7.61. The molecule has 0 radical (unpaired) electrons. The molecule has 6 nitrogen and oxygen atoms in total. The molecule has 0 spiro atoms. The van der Waals surface area contributed by atoms with E-state index < -0.39 is 29.9 Å². The third-order valence-electron chi connectivity index (χ3n) is 3.33. The minimum atomic E-state index is -0.762. The number of carbonyl (C=O) groups excluding carboxylic acids is 1. The molecular weight excluding hydrogens is 240 g/mol. The lowest BCUT2D eigenvalue weighted by atomic mass is 10.1. The van der Waals surface area contributed by atoms with Gasteiger partial charge in [0, 0.05) is 0 Å². The van der Waals surface area contributed by atoms with Crippen molar-refractivity contribution in [2.75, 3.05) is 6.61 Å². The van der Waals surface area contributed by atoms with Gasteiger partial charge in [0.2, 0.25) is 0 Å². The van der Waals surface area contributed by atoms with Crippen molar-refractivity contribution in [2.24, 2.45) is 0 Å². The van der Waals surface area contributed by atoms with Crippen LogP contribution in [-0.4, -0.2) is 48.6 Å². The Kier molecular flexibility index (Phi) is 2.51. The van der Waals surface area contributed by atoms with E-state index in [4.69, 9.17) is 23.7 Å². The van der Waals surface area contributed by atoms with Crippen molar-refractivity contribution < 1.29 is 28.5 Å². The molecule has 3 rings (SSSR count). The van der Waals surface area contributed by atoms with Crippen LogP contribution >= 0.6 is 0 Å². The molecule has 0 saturated carbocycles. The second kappa shape index (κ2) is 3.66. The Morgan fingerprint density at radius 2 is 1.72 bits per heavy atom. The highest BCUT2D eigenvalue weighted by atomic mass is 16.8. The van der Waals surface area contributed by atoms with E-state index in [0.717, 1.165) is 0 Å². The largest absolute Gasteiger partial charge is 0.455 e. The van der Waals surface area contributed by atoms with E-state index in [9.17, 15) is 4.79 Å². The van der Waals surface area contributed by atoms with Crippen molar-refractivity contribution in [1.82, 2.24) is 0 Å². The lowest BCUT2D eigenvalue weighted by Gasteiger charge is -2.25. The van der Waals surface area contributed by atoms with Gasteiger partial charge in [-0.2, -0.15) is 0 Å². The number of hydrogen-bond acceptors (Lipinski definition) is 6. The van der Waals surface area contributed by atoms with Gasteiger partial charge in [-0.1, -0.05) is 0 Å². The van der Waals surface area contributed by atoms with Crippen LogP contribution in [0.5, 0.6) is 0 Å². The van der Waals surface area contributed by atoms with Crippen LogP contribution in [0.2, 0.25) is 0 Å². The molecule has 0 aliphatic carbocycles. The first-order valence-electron chi connectivity index (χ1n) is 6.15. The third-order valence-corrected chi connectivity index (χ3v) is 3.33. The molecule has 2 unspecified atom stereocenters. The zero-order valence-corrected chi connectivity index (χ0v) is 11.0. The van der Waals surface area contributed by atoms with Crippen LogP contribution in [0.15, 0.2) is 0 Å². The number of esters is 1. The summed E-state index contributed by atoms with van der Waals surface area (Å²) in [5.74, 6) is -1.80. The van der Waals surface area contributed by atoms with Gasteiger partial charge in [0.1, 0.15) is 12.2 Å². The van der Waals surface area contributed by atoms with Crippen molar-refractivity contribution in [3.05, 3.63) is 0 Å². The summed E-state index contributed by atoms with van der Waals surface area (Å²) in [5, 5.41) is 0. The first-order chi connectivity index (χ1) is 8.27. The number of hydrogen-bond donors (Lipinski definition) is 0. The van der Waals surface area contributed by atoms with Gasteiger partial charge in [-0.25, -0.2) is 4.79 Å². The van der Waals surface area contributed by atoms with E-state index in [1.807, 2.05) is 13.8 Å². The second-order valence-corrected chi connectivity index (χ2v) is 5.79. The van der Waals surface area contributed by atoms with E-state index in [-0.39, 0.29) is 12.1 Å². The maximum Gasteiger partial charge on any atom is 0.338 e. The smallest absolute Gasteiger partial charge is 0.338 e. The van der Waals surface area contributed by atoms with E-state index in [0.29, 0.717) is 6.61 Å². The third kappa shape index (κ3) is 1.93. The predicted octanol–water partition coefficient (Wildman–Crippen LogP) is 0.583. The standard InChI is InChI=1S/C12H18O6/c1-11(2)14-5-6(16-11)7-8-9(10(13)15-7)18-12(3,4)17-8/h6-9H,5H2,1-4H3/t6?,7-,8-,9?/m0/s1. The average molecular weight is 258 g/mol. The molecule has 3 aliphatic heterocycles. The van der Waals surface area contributed by atoms with E-state index in [2.05, 4.69) is 0 Å². The Labute approximate surface area is 105 Å². The summed E-state index contributed by atoms with van der Waals surface area (Å²) in [5.41, 5.74) is 0. The average Bonchev–Trinajstić information content (AvgIpc) is 2.81. The molecule has 0 N–H and O–H groups in total. The van der Waals surface area contributed by atoms with Crippen LogP contribution in [0.1, 0.15) is 27.7 Å². The Balaban J connectivity index is 1.77. The summed E-state index contributed by atoms with van der Waals surface area (Å²) < 4.78 is 27.8. The van der Waals surface area contributed by atoms with Crippen LogP contribution in [0, 0.1) is 0 Å². The second-order valence-electron chi connectivity index (χ2n) is 5.79. The molecule has 102 valence electrons. The fraction of sp³-hybridized carbons (Fsp3) is 0.917. The first-order valence-corrected chi connectivity index (χ1v) is 6.15. The molecule has 3 heterocycles. The summed E-state index contributed by atoms with van der Waals surface area (Å²) >= 11 is 0. The van der Waals surface area contributed by atoms with Crippen LogP contribution in [-0.2, 0) is 28.5 Å². The predicted molar refractivity (Wildman–Crippen MR) is 58.6 cm³/mol. The van der Waals surface area contributed by atoms with E-state index in [1.165, 1.54) is 0 Å². The minimum Gasteiger partial charge on any atom is -0.455 e. The van der Waals surface area contributed by atoms with Crippen molar-refractivity contribution in [3.8, 4) is 0 Å². The van der Waals surface area contributed by atoms with Crippen molar-refractivity contribution in [1.29, 1.82) is 0 Å². The van der Waals surface area contributed by atoms with Crippen LogP contribution in [0.4, 0.5) is 0 Å². The molecule has 0 aromatic carbocycles. The molecule has 0 aromatic rings. The highest BCUT2D eigenvalue weighted by Crippen LogP contribution is 2.39. The molecule has 3 aliphatic rings. The SMILES string of the molecule is CC1(C)OCC([C@@H]2OC(=O)C3OC(C)(C)O[C@H]32)O1. The maximum atomic E-state index is 11.7. The Bertz CT molecular complexity index is 377. The number of fused-ring (bicyclic) bond motifs is 1. The molecule has 0 amide bonds. The Hall–Kier alpha value is -0.690. The number of carbonyl (C=O) groups is 1. The lowest BCUT2D eigenvalue weighted by Crippen LogP contribution is -2.40. The maximum absolute atomic E-state index is 11.7. The number of cyclic esters (lactones) is 1. The summed E-state index contributed by atoms with van der Waals surface area (Å²) in [6, 6.07) is 0. The van der Waals surface area contributed by atoms with Gasteiger partial charge in [0.15, 0.2) is 23.8 Å². The normalized spacial score (nSPS) is 45.0. The summed E-state index contributed by atoms with van der Waals surface area (Å²) in [4.78, 5) is 11.7. The van der Waals surface area contributed by atoms with Gasteiger partial charge >= 0.3 is 5.97 Å². The summed E-state index contributed by atoms with van der Waals surface area (Å²) in [6.07, 6.45) is -1.85. The molecule has 0 aromatic heterocycles. The molecule has 4 atom stereocenters. The fourth-order valence-corrected chi connectivity index (χ4v) is 2.64. The van der Waals surface area contributed by atoms with Crippen molar-refractivity contribution in [2.45, 2.75) is 63.7 Å². The fourth-order valence-electron chi connectivity index (χ4n) is 2.64. The molecule has 18 heavy (non-hydrogen) atoms. The van der Waals surface area contributed by atoms with E-state index in [1.54, 1.807) is 13.8 Å². The molecule has 6 heteroatoms. The zero-order chi connectivity index (χ0) is 13.1. The molecule has 0 bridgehead atoms. The van der Waals surface area contributed by atoms with Crippen LogP contribution < -0.4 is 0 Å². The number of rotatable bonds is 1. The first kappa shape index (κ1) is 12.3. The highest BCUT2D eigenvalue weighted by molar-refractivity contribution is 5.78. The van der Waals surface area contributed by atoms with Gasteiger partial charge in [-0.05, 0) is 27.7 Å². The zero-order valence-electron chi connectivity index (χ0n) is 11.0. The van der Waals surface area contributed by atoms with Crippen LogP contribution in [0.25, 0.3) is 0 Å². The van der Waals surface area contributed by atoms with Crippen molar-refractivity contribution >= 4 is 5.97 Å². The minimum absolute atomic E-state index is 0.309. The molecule has 3 fully saturated rings. The Morgan fingerprint density at radius 1 is 1.00 bits per heavy atom.